The number of carbonyl (C=O) groups excluding carboxylic acids is 1. The molecule has 1 aromatic carbocycles. The van der Waals surface area contributed by atoms with Crippen molar-refractivity contribution in [3.8, 4) is 0 Å². The van der Waals surface area contributed by atoms with Gasteiger partial charge in [0.1, 0.15) is 6.04 Å². The van der Waals surface area contributed by atoms with Crippen LogP contribution in [-0.4, -0.2) is 71.8 Å². The molecule has 2 aromatic rings. The molecule has 1 amide bonds. The van der Waals surface area contributed by atoms with Gasteiger partial charge in [-0.2, -0.15) is 5.10 Å². The van der Waals surface area contributed by atoms with Gasteiger partial charge in [0.25, 0.3) is 0 Å². The zero-order valence-corrected chi connectivity index (χ0v) is 19.9. The van der Waals surface area contributed by atoms with E-state index < -0.39 is 0 Å². The number of hydrogen-bond donors (Lipinski definition) is 2. The molecule has 0 saturated carbocycles. The fourth-order valence-electron chi connectivity index (χ4n) is 3.49. The van der Waals surface area contributed by atoms with Crippen LogP contribution >= 0.6 is 37.2 Å². The third-order valence-electron chi connectivity index (χ3n) is 5.05. The molecular weight excluding hydrogens is 447 g/mol. The van der Waals surface area contributed by atoms with Crippen molar-refractivity contribution in [1.82, 2.24) is 30.2 Å². The van der Waals surface area contributed by atoms with E-state index in [4.69, 9.17) is 0 Å². The SMILES string of the molecule is CNC(C(=O)NCCN1CCN(Cc2ccccc2)CC1)c1cnn(C)c1.Cl.Cl.Cl. The second-order valence-electron chi connectivity index (χ2n) is 7.06. The number of nitrogens with one attached hydrogen (secondary N) is 2. The summed E-state index contributed by atoms with van der Waals surface area (Å²) >= 11 is 0. The lowest BCUT2D eigenvalue weighted by Gasteiger charge is -2.34. The number of likely N-dealkylation sites (N-methyl/N-ethyl adjacent to an activating group) is 1. The molecule has 0 bridgehead atoms. The Labute approximate surface area is 197 Å². The summed E-state index contributed by atoms with van der Waals surface area (Å²) < 4.78 is 1.71. The maximum Gasteiger partial charge on any atom is 0.241 e. The fraction of sp³-hybridized carbons (Fsp3) is 0.500. The Kier molecular flexibility index (Phi) is 14.0. The third kappa shape index (κ3) is 8.41. The van der Waals surface area contributed by atoms with Crippen LogP contribution in [0.3, 0.4) is 0 Å². The molecule has 10 heteroatoms. The molecule has 30 heavy (non-hydrogen) atoms. The number of piperazine rings is 1. The Hall–Kier alpha value is -1.35. The predicted molar refractivity (Wildman–Crippen MR) is 128 cm³/mol. The third-order valence-corrected chi connectivity index (χ3v) is 5.05. The molecule has 7 nitrogen and oxygen atoms in total. The van der Waals surface area contributed by atoms with Crippen LogP contribution in [0, 0.1) is 0 Å². The molecule has 2 heterocycles. The maximum absolute atomic E-state index is 12.4. The van der Waals surface area contributed by atoms with Crippen LogP contribution in [0.25, 0.3) is 0 Å². The summed E-state index contributed by atoms with van der Waals surface area (Å²) in [5.41, 5.74) is 2.25. The number of carbonyl (C=O) groups is 1. The molecule has 170 valence electrons. The number of hydrogen-bond acceptors (Lipinski definition) is 5. The minimum atomic E-state index is -0.360. The van der Waals surface area contributed by atoms with Gasteiger partial charge < -0.3 is 10.6 Å². The highest BCUT2D eigenvalue weighted by Crippen LogP contribution is 2.11. The van der Waals surface area contributed by atoms with E-state index in [1.54, 1.807) is 17.9 Å². The molecule has 3 rings (SSSR count). The Morgan fingerprint density at radius 2 is 1.70 bits per heavy atom. The molecule has 1 fully saturated rings. The first-order valence-electron chi connectivity index (χ1n) is 9.58. The van der Waals surface area contributed by atoms with Crippen LogP contribution in [0.15, 0.2) is 42.7 Å². The van der Waals surface area contributed by atoms with Crippen LogP contribution in [0.1, 0.15) is 17.2 Å². The molecule has 0 spiro atoms. The van der Waals surface area contributed by atoms with E-state index in [0.717, 1.165) is 44.8 Å². The summed E-state index contributed by atoms with van der Waals surface area (Å²) in [6.45, 7) is 6.78. The fourth-order valence-corrected chi connectivity index (χ4v) is 3.49. The number of amides is 1. The van der Waals surface area contributed by atoms with Crippen molar-refractivity contribution in [2.75, 3.05) is 46.3 Å². The van der Waals surface area contributed by atoms with Crippen molar-refractivity contribution >= 4 is 43.1 Å². The van der Waals surface area contributed by atoms with E-state index >= 15 is 0 Å². The number of halogens is 3. The number of nitrogens with zero attached hydrogens (tertiary/aromatic N) is 4. The largest absolute Gasteiger partial charge is 0.353 e. The highest BCUT2D eigenvalue weighted by molar-refractivity contribution is 5.86. The Morgan fingerprint density at radius 1 is 1.07 bits per heavy atom. The molecule has 1 atom stereocenters. The maximum atomic E-state index is 12.4. The van der Waals surface area contributed by atoms with Gasteiger partial charge in [0.15, 0.2) is 0 Å². The zero-order chi connectivity index (χ0) is 19.1. The van der Waals surface area contributed by atoms with E-state index in [1.165, 1.54) is 5.56 Å². The van der Waals surface area contributed by atoms with E-state index in [1.807, 2.05) is 13.2 Å². The summed E-state index contributed by atoms with van der Waals surface area (Å²) in [7, 11) is 3.65. The predicted octanol–water partition coefficient (Wildman–Crippen LogP) is 1.88. The quantitative estimate of drug-likeness (QED) is 0.605. The normalized spacial score (nSPS) is 15.3. The molecule has 1 aliphatic heterocycles. The lowest BCUT2D eigenvalue weighted by Crippen LogP contribution is -2.48. The molecule has 2 N–H and O–H groups in total. The van der Waals surface area contributed by atoms with Crippen LogP contribution in [0.5, 0.6) is 0 Å². The summed E-state index contributed by atoms with van der Waals surface area (Å²) in [5, 5.41) is 10.3. The Balaban J connectivity index is 0.00000280. The zero-order valence-electron chi connectivity index (χ0n) is 17.5. The van der Waals surface area contributed by atoms with Gasteiger partial charge in [-0.15, -0.1) is 37.2 Å². The minimum absolute atomic E-state index is 0. The summed E-state index contributed by atoms with van der Waals surface area (Å²) in [6, 6.07) is 10.3. The molecular formula is C20H33Cl3N6O. The van der Waals surface area contributed by atoms with Crippen molar-refractivity contribution in [3.05, 3.63) is 53.9 Å². The number of rotatable bonds is 8. The first kappa shape index (κ1) is 28.6. The minimum Gasteiger partial charge on any atom is -0.353 e. The smallest absolute Gasteiger partial charge is 0.241 e. The van der Waals surface area contributed by atoms with Gasteiger partial charge in [0, 0.05) is 64.6 Å². The summed E-state index contributed by atoms with van der Waals surface area (Å²) in [5.74, 6) is -0.00628. The van der Waals surface area contributed by atoms with Crippen molar-refractivity contribution < 1.29 is 4.79 Å². The van der Waals surface area contributed by atoms with Crippen LogP contribution in [0.4, 0.5) is 0 Å². The number of benzene rings is 1. The van der Waals surface area contributed by atoms with Gasteiger partial charge in [-0.25, -0.2) is 0 Å². The first-order chi connectivity index (χ1) is 13.2. The average Bonchev–Trinajstić information content (AvgIpc) is 3.10. The van der Waals surface area contributed by atoms with Crippen molar-refractivity contribution in [2.24, 2.45) is 7.05 Å². The molecule has 1 aromatic heterocycles. The lowest BCUT2D eigenvalue weighted by atomic mass is 10.1. The van der Waals surface area contributed by atoms with E-state index in [9.17, 15) is 4.79 Å². The highest BCUT2D eigenvalue weighted by atomic mass is 35.5. The second kappa shape index (κ2) is 14.6. The van der Waals surface area contributed by atoms with Crippen LogP contribution in [0.2, 0.25) is 0 Å². The monoisotopic (exact) mass is 478 g/mol. The Morgan fingerprint density at radius 3 is 2.27 bits per heavy atom. The van der Waals surface area contributed by atoms with Gasteiger partial charge in [0.05, 0.1) is 6.20 Å². The standard InChI is InChI=1S/C20H30N6O.3ClH/c1-21-19(18-14-23-24(2)16-18)20(27)22-8-9-25-10-12-26(13-11-25)15-17-6-4-3-5-7-17;;;/h3-7,14,16,19,21H,8-13,15H2,1-2H3,(H,22,27);3*1H. The average molecular weight is 480 g/mol. The summed E-state index contributed by atoms with van der Waals surface area (Å²) in [6.07, 6.45) is 3.60. The number of aryl methyl sites for hydroxylation is 1. The highest BCUT2D eigenvalue weighted by Gasteiger charge is 2.21. The van der Waals surface area contributed by atoms with E-state index in [-0.39, 0.29) is 49.2 Å². The van der Waals surface area contributed by atoms with Crippen LogP contribution < -0.4 is 10.6 Å². The molecule has 0 radical (unpaired) electrons. The van der Waals surface area contributed by atoms with E-state index in [0.29, 0.717) is 6.54 Å². The van der Waals surface area contributed by atoms with Gasteiger partial charge in [-0.1, -0.05) is 30.3 Å². The molecule has 1 unspecified atom stereocenters. The van der Waals surface area contributed by atoms with Gasteiger partial charge in [-0.3, -0.25) is 19.3 Å². The molecule has 1 aliphatic rings. The second-order valence-corrected chi connectivity index (χ2v) is 7.06. The van der Waals surface area contributed by atoms with Crippen molar-refractivity contribution in [3.63, 3.8) is 0 Å². The van der Waals surface area contributed by atoms with Gasteiger partial charge in [0.2, 0.25) is 5.91 Å². The first-order valence-corrected chi connectivity index (χ1v) is 9.58. The van der Waals surface area contributed by atoms with Gasteiger partial charge >= 0.3 is 0 Å². The van der Waals surface area contributed by atoms with Crippen LogP contribution in [-0.2, 0) is 18.4 Å². The van der Waals surface area contributed by atoms with Gasteiger partial charge in [-0.05, 0) is 12.6 Å². The molecule has 1 saturated heterocycles. The lowest BCUT2D eigenvalue weighted by molar-refractivity contribution is -0.123. The topological polar surface area (TPSA) is 65.4 Å². The number of aromatic nitrogens is 2. The Bertz CT molecular complexity index is 722. The van der Waals surface area contributed by atoms with E-state index in [2.05, 4.69) is 55.9 Å². The van der Waals surface area contributed by atoms with Crippen molar-refractivity contribution in [1.29, 1.82) is 0 Å². The van der Waals surface area contributed by atoms with Crippen molar-refractivity contribution in [2.45, 2.75) is 12.6 Å². The molecule has 0 aliphatic carbocycles. The summed E-state index contributed by atoms with van der Waals surface area (Å²) in [4.78, 5) is 17.4.